The summed E-state index contributed by atoms with van der Waals surface area (Å²) in [6.45, 7) is 3.56. The lowest BCUT2D eigenvalue weighted by Crippen LogP contribution is -2.49. The number of hydrogen-bond acceptors (Lipinski definition) is 6. The topological polar surface area (TPSA) is 106 Å². The molecule has 1 fully saturated rings. The monoisotopic (exact) mass is 540 g/mol. The molecule has 0 aliphatic carbocycles. The average Bonchev–Trinajstić information content (AvgIpc) is 2.95. The van der Waals surface area contributed by atoms with Crippen molar-refractivity contribution in [3.05, 3.63) is 97.8 Å². The van der Waals surface area contributed by atoms with Crippen LogP contribution in [0.3, 0.4) is 0 Å². The molecule has 0 spiro atoms. The van der Waals surface area contributed by atoms with Crippen molar-refractivity contribution in [3.8, 4) is 17.9 Å². The number of aromatic amines is 1. The Morgan fingerprint density at radius 2 is 1.92 bits per heavy atom. The van der Waals surface area contributed by atoms with E-state index in [0.717, 1.165) is 5.82 Å². The van der Waals surface area contributed by atoms with E-state index in [0.29, 0.717) is 59.3 Å². The number of anilines is 1. The number of piperazine rings is 1. The predicted octanol–water partition coefficient (Wildman–Crippen LogP) is 3.91. The van der Waals surface area contributed by atoms with Gasteiger partial charge in [0.15, 0.2) is 0 Å². The largest absolute Gasteiger partial charge is 0.353 e. The molecule has 194 valence electrons. The second kappa shape index (κ2) is 10.9. The summed E-state index contributed by atoms with van der Waals surface area (Å²) < 4.78 is 14.8. The van der Waals surface area contributed by atoms with E-state index >= 15 is 0 Å². The Hall–Kier alpha value is -4.73. The van der Waals surface area contributed by atoms with Crippen molar-refractivity contribution >= 4 is 34.1 Å². The van der Waals surface area contributed by atoms with Crippen LogP contribution in [0.5, 0.6) is 0 Å². The van der Waals surface area contributed by atoms with Crippen molar-refractivity contribution in [1.29, 1.82) is 5.26 Å². The number of amides is 1. The standard InChI is InChI=1S/C29H22ClFN6O2/c1-2-3-18-13-22-25(34-35-28(38)27(22)23(30)14-18)15-19-4-6-24(31)21(12-19)29(39)37-10-8-36(9-11-37)26-7-5-20(16-32)17-33-26/h4-7,12-14,17H,8-11,15H2,1H3,(H,35,38). The zero-order valence-electron chi connectivity index (χ0n) is 21.0. The summed E-state index contributed by atoms with van der Waals surface area (Å²) in [4.78, 5) is 33.7. The van der Waals surface area contributed by atoms with Gasteiger partial charge in [0.05, 0.1) is 27.2 Å². The van der Waals surface area contributed by atoms with E-state index in [9.17, 15) is 14.0 Å². The Labute approximate surface area is 228 Å². The van der Waals surface area contributed by atoms with E-state index < -0.39 is 17.3 Å². The lowest BCUT2D eigenvalue weighted by molar-refractivity contribution is 0.0741. The summed E-state index contributed by atoms with van der Waals surface area (Å²) in [5, 5.41) is 16.8. The molecule has 10 heteroatoms. The molecule has 0 unspecified atom stereocenters. The first-order valence-corrected chi connectivity index (χ1v) is 12.6. The molecule has 5 rings (SSSR count). The Morgan fingerprint density at radius 1 is 1.13 bits per heavy atom. The molecule has 0 atom stereocenters. The Bertz CT molecular complexity index is 1740. The van der Waals surface area contributed by atoms with E-state index in [4.69, 9.17) is 16.9 Å². The fraction of sp³-hybridized carbons (Fsp3) is 0.207. The summed E-state index contributed by atoms with van der Waals surface area (Å²) in [7, 11) is 0. The van der Waals surface area contributed by atoms with Gasteiger partial charge >= 0.3 is 0 Å². The highest BCUT2D eigenvalue weighted by Crippen LogP contribution is 2.26. The molecule has 1 aliphatic rings. The van der Waals surface area contributed by atoms with E-state index in [2.05, 4.69) is 27.0 Å². The molecule has 2 aromatic heterocycles. The van der Waals surface area contributed by atoms with Crippen LogP contribution in [0.15, 0.2) is 53.5 Å². The third kappa shape index (κ3) is 5.31. The van der Waals surface area contributed by atoms with Crippen LogP contribution in [-0.4, -0.2) is 52.2 Å². The number of fused-ring (bicyclic) bond motifs is 1. The summed E-state index contributed by atoms with van der Waals surface area (Å²) in [6, 6.07) is 13.3. The number of H-pyrrole nitrogens is 1. The van der Waals surface area contributed by atoms with Crippen LogP contribution >= 0.6 is 11.6 Å². The number of nitrogens with one attached hydrogen (secondary N) is 1. The van der Waals surface area contributed by atoms with Crippen LogP contribution in [0, 0.1) is 29.0 Å². The highest BCUT2D eigenvalue weighted by molar-refractivity contribution is 6.35. The van der Waals surface area contributed by atoms with Gasteiger partial charge in [0.2, 0.25) is 0 Å². The molecular formula is C29H22ClFN6O2. The number of nitrogens with zero attached hydrogens (tertiary/aromatic N) is 5. The van der Waals surface area contributed by atoms with Crippen LogP contribution in [-0.2, 0) is 6.42 Å². The van der Waals surface area contributed by atoms with E-state index in [1.165, 1.54) is 18.3 Å². The van der Waals surface area contributed by atoms with Gasteiger partial charge in [-0.15, -0.1) is 5.92 Å². The van der Waals surface area contributed by atoms with Crippen molar-refractivity contribution in [2.75, 3.05) is 31.1 Å². The molecule has 1 N–H and O–H groups in total. The molecule has 0 bridgehead atoms. The number of carbonyl (C=O) groups is 1. The molecule has 1 amide bonds. The van der Waals surface area contributed by atoms with Gasteiger partial charge in [-0.2, -0.15) is 10.4 Å². The SMILES string of the molecule is CC#Cc1cc(Cl)c2c(=O)[nH]nc(Cc3ccc(F)c(C(=O)N4CCN(c5ccc(C#N)cn5)CC4)c3)c2c1. The average molecular weight is 541 g/mol. The maximum Gasteiger partial charge on any atom is 0.273 e. The van der Waals surface area contributed by atoms with Gasteiger partial charge in [-0.1, -0.05) is 23.6 Å². The van der Waals surface area contributed by atoms with Gasteiger partial charge < -0.3 is 9.80 Å². The van der Waals surface area contributed by atoms with Gasteiger partial charge in [-0.25, -0.2) is 14.5 Å². The molecule has 1 aliphatic heterocycles. The van der Waals surface area contributed by atoms with Crippen LogP contribution in [0.4, 0.5) is 10.2 Å². The van der Waals surface area contributed by atoms with Gasteiger partial charge in [0.25, 0.3) is 11.5 Å². The Balaban J connectivity index is 1.37. The molecule has 2 aromatic carbocycles. The molecule has 1 saturated heterocycles. The number of benzene rings is 2. The zero-order valence-corrected chi connectivity index (χ0v) is 21.7. The maximum absolute atomic E-state index is 14.8. The molecule has 4 aromatic rings. The quantitative estimate of drug-likeness (QED) is 0.393. The highest BCUT2D eigenvalue weighted by atomic mass is 35.5. The predicted molar refractivity (Wildman–Crippen MR) is 146 cm³/mol. The van der Waals surface area contributed by atoms with Crippen molar-refractivity contribution < 1.29 is 9.18 Å². The number of hydrogen-bond donors (Lipinski definition) is 1. The number of aromatic nitrogens is 3. The number of pyridine rings is 1. The van der Waals surface area contributed by atoms with Crippen LogP contribution in [0.25, 0.3) is 10.8 Å². The minimum atomic E-state index is -0.609. The molecule has 0 radical (unpaired) electrons. The van der Waals surface area contributed by atoms with E-state index in [1.807, 2.05) is 11.0 Å². The first-order valence-electron chi connectivity index (χ1n) is 12.2. The fourth-order valence-electron chi connectivity index (χ4n) is 4.64. The molecule has 3 heterocycles. The van der Waals surface area contributed by atoms with Crippen molar-refractivity contribution in [2.24, 2.45) is 0 Å². The smallest absolute Gasteiger partial charge is 0.273 e. The zero-order chi connectivity index (χ0) is 27.5. The molecule has 39 heavy (non-hydrogen) atoms. The summed E-state index contributed by atoms with van der Waals surface area (Å²) >= 11 is 6.38. The normalized spacial score (nSPS) is 13.1. The molecule has 0 saturated carbocycles. The number of halogens is 2. The van der Waals surface area contributed by atoms with E-state index in [-0.39, 0.29) is 17.0 Å². The summed E-state index contributed by atoms with van der Waals surface area (Å²) in [6.07, 6.45) is 1.76. The second-order valence-corrected chi connectivity index (χ2v) is 9.45. The van der Waals surface area contributed by atoms with Crippen molar-refractivity contribution in [1.82, 2.24) is 20.1 Å². The van der Waals surface area contributed by atoms with E-state index in [1.54, 1.807) is 42.2 Å². The first kappa shape index (κ1) is 25.9. The van der Waals surface area contributed by atoms with Gasteiger partial charge in [0.1, 0.15) is 17.7 Å². The highest BCUT2D eigenvalue weighted by Gasteiger charge is 2.25. The number of nitriles is 1. The van der Waals surface area contributed by atoms with Crippen molar-refractivity contribution in [3.63, 3.8) is 0 Å². The summed E-state index contributed by atoms with van der Waals surface area (Å²) in [5.41, 5.74) is 1.87. The summed E-state index contributed by atoms with van der Waals surface area (Å²) in [5.74, 6) is 5.48. The lowest BCUT2D eigenvalue weighted by atomic mass is 10.0. The first-order chi connectivity index (χ1) is 18.9. The van der Waals surface area contributed by atoms with Crippen LogP contribution in [0.2, 0.25) is 5.02 Å². The Morgan fingerprint density at radius 3 is 2.62 bits per heavy atom. The van der Waals surface area contributed by atoms with Gasteiger partial charge in [-0.3, -0.25) is 9.59 Å². The third-order valence-electron chi connectivity index (χ3n) is 6.59. The van der Waals surface area contributed by atoms with Crippen LogP contribution < -0.4 is 10.5 Å². The third-order valence-corrected chi connectivity index (χ3v) is 6.89. The van der Waals surface area contributed by atoms with Crippen LogP contribution in [0.1, 0.15) is 39.7 Å². The number of rotatable bonds is 4. The fourth-order valence-corrected chi connectivity index (χ4v) is 4.94. The van der Waals surface area contributed by atoms with Gasteiger partial charge in [-0.05, 0) is 48.9 Å². The van der Waals surface area contributed by atoms with Gasteiger partial charge in [0, 0.05) is 49.7 Å². The molecule has 8 nitrogen and oxygen atoms in total. The Kier molecular flexibility index (Phi) is 7.27. The molecular weight excluding hydrogens is 519 g/mol. The lowest BCUT2D eigenvalue weighted by Gasteiger charge is -2.35. The second-order valence-electron chi connectivity index (χ2n) is 9.04. The minimum absolute atomic E-state index is 0.0262. The van der Waals surface area contributed by atoms with Crippen molar-refractivity contribution in [2.45, 2.75) is 13.3 Å². The minimum Gasteiger partial charge on any atom is -0.353 e. The number of carbonyl (C=O) groups excluding carboxylic acids is 1. The maximum atomic E-state index is 14.8.